The summed E-state index contributed by atoms with van der Waals surface area (Å²) in [5.41, 5.74) is 1.16. The zero-order valence-electron chi connectivity index (χ0n) is 10.8. The van der Waals surface area contributed by atoms with Gasteiger partial charge in [-0.3, -0.25) is 4.79 Å². The molecule has 0 aliphatic heterocycles. The molecule has 0 saturated carbocycles. The summed E-state index contributed by atoms with van der Waals surface area (Å²) >= 11 is 0. The number of rotatable bonds is 5. The second-order valence-electron chi connectivity index (χ2n) is 4.18. The van der Waals surface area contributed by atoms with Gasteiger partial charge in [0.05, 0.1) is 0 Å². The van der Waals surface area contributed by atoms with Gasteiger partial charge in [0.15, 0.2) is 0 Å². The van der Waals surface area contributed by atoms with Crippen LogP contribution in [0.15, 0.2) is 60.7 Å². The van der Waals surface area contributed by atoms with Gasteiger partial charge in [0, 0.05) is 12.1 Å². The molecule has 1 amide bonds. The second kappa shape index (κ2) is 8.07. The van der Waals surface area contributed by atoms with Crippen molar-refractivity contribution in [3.8, 4) is 0 Å². The number of carbonyl (C=O) groups is 1. The molecule has 1 aromatic carbocycles. The molecule has 0 radical (unpaired) electrons. The fourth-order valence-electron chi connectivity index (χ4n) is 1.33. The molecule has 0 saturated heterocycles. The number of carbonyl (C=O) groups excluding carboxylic acids is 1. The lowest BCUT2D eigenvalue weighted by atomic mass is 10.2. The molecule has 0 aromatic heterocycles. The number of benzene rings is 1. The van der Waals surface area contributed by atoms with Crippen molar-refractivity contribution in [3.05, 3.63) is 66.3 Å². The Bertz CT molecular complexity index is 441. The average Bonchev–Trinajstić information content (AvgIpc) is 2.34. The van der Waals surface area contributed by atoms with Gasteiger partial charge < -0.3 is 5.32 Å². The van der Waals surface area contributed by atoms with E-state index in [0.29, 0.717) is 0 Å². The lowest BCUT2D eigenvalue weighted by Crippen LogP contribution is -2.28. The lowest BCUT2D eigenvalue weighted by molar-refractivity contribution is -0.116. The average molecular weight is 241 g/mol. The minimum atomic E-state index is -0.0679. The maximum atomic E-state index is 11.3. The molecular formula is C16H19NO. The maximum absolute atomic E-state index is 11.3. The molecule has 0 unspecified atom stereocenters. The van der Waals surface area contributed by atoms with Crippen LogP contribution < -0.4 is 5.32 Å². The number of amides is 1. The van der Waals surface area contributed by atoms with Crippen LogP contribution in [0.25, 0.3) is 6.08 Å². The molecule has 18 heavy (non-hydrogen) atoms. The predicted octanol–water partition coefficient (Wildman–Crippen LogP) is 3.34. The third-order valence-corrected chi connectivity index (χ3v) is 2.10. The number of hydrogen-bond donors (Lipinski definition) is 1. The Morgan fingerprint density at radius 2 is 1.72 bits per heavy atom. The van der Waals surface area contributed by atoms with E-state index in [1.807, 2.05) is 68.5 Å². The van der Waals surface area contributed by atoms with E-state index in [2.05, 4.69) is 5.32 Å². The van der Waals surface area contributed by atoms with E-state index in [9.17, 15) is 4.79 Å². The zero-order chi connectivity index (χ0) is 13.2. The van der Waals surface area contributed by atoms with Crippen LogP contribution >= 0.6 is 0 Å². The van der Waals surface area contributed by atoms with E-state index >= 15 is 0 Å². The van der Waals surface area contributed by atoms with Crippen molar-refractivity contribution in [1.29, 1.82) is 0 Å². The summed E-state index contributed by atoms with van der Waals surface area (Å²) < 4.78 is 0. The Balaban J connectivity index is 2.35. The van der Waals surface area contributed by atoms with E-state index in [-0.39, 0.29) is 11.9 Å². The van der Waals surface area contributed by atoms with Crippen LogP contribution in [0.3, 0.4) is 0 Å². The Morgan fingerprint density at radius 1 is 1.06 bits per heavy atom. The Labute approximate surface area is 109 Å². The molecule has 94 valence electrons. The Hall–Kier alpha value is -2.09. The third kappa shape index (κ3) is 6.48. The largest absolute Gasteiger partial charge is 0.350 e. The smallest absolute Gasteiger partial charge is 0.244 e. The minimum Gasteiger partial charge on any atom is -0.350 e. The molecule has 2 heteroatoms. The normalized spacial score (nSPS) is 11.9. The Morgan fingerprint density at radius 3 is 2.39 bits per heavy atom. The first-order valence-corrected chi connectivity index (χ1v) is 6.05. The fourth-order valence-corrected chi connectivity index (χ4v) is 1.33. The first-order chi connectivity index (χ1) is 8.68. The highest BCUT2D eigenvalue weighted by Crippen LogP contribution is 2.00. The molecule has 0 spiro atoms. The van der Waals surface area contributed by atoms with Crippen molar-refractivity contribution < 1.29 is 4.79 Å². The van der Waals surface area contributed by atoms with Crippen LogP contribution in [0, 0.1) is 0 Å². The molecular weight excluding hydrogens is 222 g/mol. The van der Waals surface area contributed by atoms with Crippen molar-refractivity contribution >= 4 is 12.0 Å². The van der Waals surface area contributed by atoms with Crippen molar-refractivity contribution in [2.75, 3.05) is 0 Å². The second-order valence-corrected chi connectivity index (χ2v) is 4.18. The number of allylic oxidation sites excluding steroid dienone is 4. The quantitative estimate of drug-likeness (QED) is 0.621. The third-order valence-electron chi connectivity index (χ3n) is 2.10. The summed E-state index contributed by atoms with van der Waals surface area (Å²) in [6.45, 7) is 3.87. The highest BCUT2D eigenvalue weighted by atomic mass is 16.1. The molecule has 0 heterocycles. The van der Waals surface area contributed by atoms with Gasteiger partial charge in [-0.1, -0.05) is 60.7 Å². The lowest BCUT2D eigenvalue weighted by Gasteiger charge is -2.03. The molecule has 0 aliphatic carbocycles. The molecule has 1 N–H and O–H groups in total. The molecule has 1 aromatic rings. The van der Waals surface area contributed by atoms with E-state index < -0.39 is 0 Å². The monoisotopic (exact) mass is 241 g/mol. The predicted molar refractivity (Wildman–Crippen MR) is 77.0 cm³/mol. The van der Waals surface area contributed by atoms with Crippen LogP contribution in [0.4, 0.5) is 0 Å². The standard InChI is InChI=1S/C16H19NO/c1-14(2)17-16(18)13-9-4-3-6-10-15-11-7-5-8-12-15/h3-14H,1-2H3,(H,17,18)/b4-3+,10-6+,13-9+. The summed E-state index contributed by atoms with van der Waals surface area (Å²) in [7, 11) is 0. The van der Waals surface area contributed by atoms with Gasteiger partial charge in [0.25, 0.3) is 0 Å². The van der Waals surface area contributed by atoms with Crippen LogP contribution in [0.2, 0.25) is 0 Å². The first kappa shape index (κ1) is 14.0. The van der Waals surface area contributed by atoms with Gasteiger partial charge in [-0.2, -0.15) is 0 Å². The molecule has 0 aliphatic rings. The Kier molecular flexibility index (Phi) is 6.26. The molecule has 0 bridgehead atoms. The van der Waals surface area contributed by atoms with Gasteiger partial charge in [-0.25, -0.2) is 0 Å². The van der Waals surface area contributed by atoms with Crippen LogP contribution in [-0.2, 0) is 4.79 Å². The van der Waals surface area contributed by atoms with E-state index in [1.165, 1.54) is 6.08 Å². The van der Waals surface area contributed by atoms with E-state index in [0.717, 1.165) is 5.56 Å². The summed E-state index contributed by atoms with van der Waals surface area (Å²) in [5.74, 6) is -0.0679. The topological polar surface area (TPSA) is 29.1 Å². The number of nitrogens with one attached hydrogen (secondary N) is 1. The summed E-state index contributed by atoms with van der Waals surface area (Å²) in [6, 6.07) is 10.2. The minimum absolute atomic E-state index is 0.0679. The van der Waals surface area contributed by atoms with Crippen LogP contribution in [0.5, 0.6) is 0 Å². The van der Waals surface area contributed by atoms with Gasteiger partial charge in [-0.05, 0) is 19.4 Å². The van der Waals surface area contributed by atoms with E-state index in [4.69, 9.17) is 0 Å². The molecule has 2 nitrogen and oxygen atoms in total. The first-order valence-electron chi connectivity index (χ1n) is 6.05. The van der Waals surface area contributed by atoms with Gasteiger partial charge >= 0.3 is 0 Å². The van der Waals surface area contributed by atoms with Gasteiger partial charge in [-0.15, -0.1) is 0 Å². The van der Waals surface area contributed by atoms with Crippen molar-refractivity contribution in [2.45, 2.75) is 19.9 Å². The van der Waals surface area contributed by atoms with Crippen LogP contribution in [-0.4, -0.2) is 11.9 Å². The highest BCUT2D eigenvalue weighted by molar-refractivity contribution is 5.87. The van der Waals surface area contributed by atoms with Crippen molar-refractivity contribution in [2.24, 2.45) is 0 Å². The summed E-state index contributed by atoms with van der Waals surface area (Å²) in [6.07, 6.45) is 10.9. The molecule has 0 atom stereocenters. The summed E-state index contributed by atoms with van der Waals surface area (Å²) in [5, 5.41) is 2.78. The van der Waals surface area contributed by atoms with Crippen LogP contribution in [0.1, 0.15) is 19.4 Å². The van der Waals surface area contributed by atoms with Crippen molar-refractivity contribution in [3.63, 3.8) is 0 Å². The zero-order valence-corrected chi connectivity index (χ0v) is 10.8. The van der Waals surface area contributed by atoms with Gasteiger partial charge in [0.1, 0.15) is 0 Å². The summed E-state index contributed by atoms with van der Waals surface area (Å²) in [4.78, 5) is 11.3. The maximum Gasteiger partial charge on any atom is 0.244 e. The van der Waals surface area contributed by atoms with Gasteiger partial charge in [0.2, 0.25) is 5.91 Å². The molecule has 0 fully saturated rings. The highest BCUT2D eigenvalue weighted by Gasteiger charge is 1.95. The molecule has 1 rings (SSSR count). The van der Waals surface area contributed by atoms with Crippen molar-refractivity contribution in [1.82, 2.24) is 5.32 Å². The fraction of sp³-hybridized carbons (Fsp3) is 0.188. The number of hydrogen-bond acceptors (Lipinski definition) is 1. The van der Waals surface area contributed by atoms with E-state index in [1.54, 1.807) is 6.08 Å². The SMILES string of the molecule is CC(C)NC(=O)/C=C/C=C/C=C/c1ccccc1.